The quantitative estimate of drug-likeness (QED) is 0.846. The Kier molecular flexibility index (Phi) is 3.69. The van der Waals surface area contributed by atoms with Gasteiger partial charge in [0.15, 0.2) is 0 Å². The van der Waals surface area contributed by atoms with E-state index in [-0.39, 0.29) is 0 Å². The molecule has 0 saturated carbocycles. The first-order valence-corrected chi connectivity index (χ1v) is 6.59. The van der Waals surface area contributed by atoms with Gasteiger partial charge in [0.2, 0.25) is 0 Å². The van der Waals surface area contributed by atoms with E-state index in [1.807, 2.05) is 31.2 Å². The van der Waals surface area contributed by atoms with Crippen molar-refractivity contribution < 1.29 is 0 Å². The smallest absolute Gasteiger partial charge is 0.144 e. The van der Waals surface area contributed by atoms with Crippen LogP contribution in [0.15, 0.2) is 39.4 Å². The minimum absolute atomic E-state index is 0.633. The molecule has 0 spiro atoms. The van der Waals surface area contributed by atoms with Crippen molar-refractivity contribution >= 4 is 49.1 Å². The van der Waals surface area contributed by atoms with Crippen molar-refractivity contribution in [2.45, 2.75) is 6.92 Å². The molecule has 0 saturated heterocycles. The summed E-state index contributed by atoms with van der Waals surface area (Å²) in [7, 11) is 0. The summed E-state index contributed by atoms with van der Waals surface area (Å²) in [6.07, 6.45) is 1.63. The second kappa shape index (κ2) is 5.06. The molecule has 0 aliphatic heterocycles. The van der Waals surface area contributed by atoms with Gasteiger partial charge >= 0.3 is 0 Å². The van der Waals surface area contributed by atoms with Crippen LogP contribution in [0.2, 0.25) is 0 Å². The van der Waals surface area contributed by atoms with Gasteiger partial charge in [-0.15, -0.1) is 0 Å². The molecule has 1 aromatic carbocycles. The largest absolute Gasteiger partial charge is 0.397 e. The molecular weight excluding hydrogens is 346 g/mol. The number of rotatable bonds is 2. The molecule has 0 aliphatic rings. The Labute approximate surface area is 117 Å². The number of pyridine rings is 1. The summed E-state index contributed by atoms with van der Waals surface area (Å²) in [6, 6.07) is 7.81. The first-order chi connectivity index (χ1) is 8.08. The van der Waals surface area contributed by atoms with Crippen LogP contribution in [0.4, 0.5) is 17.2 Å². The summed E-state index contributed by atoms with van der Waals surface area (Å²) in [6.45, 7) is 2.04. The summed E-state index contributed by atoms with van der Waals surface area (Å²) in [5.74, 6) is 0.750. The van der Waals surface area contributed by atoms with Crippen molar-refractivity contribution in [2.75, 3.05) is 11.1 Å². The van der Waals surface area contributed by atoms with E-state index < -0.39 is 0 Å². The molecule has 0 atom stereocenters. The Morgan fingerprint density at radius 3 is 2.71 bits per heavy atom. The lowest BCUT2D eigenvalue weighted by atomic mass is 10.2. The normalized spacial score (nSPS) is 10.3. The third kappa shape index (κ3) is 2.79. The van der Waals surface area contributed by atoms with E-state index in [0.717, 1.165) is 26.0 Å². The van der Waals surface area contributed by atoms with Gasteiger partial charge in [-0.2, -0.15) is 0 Å². The second-order valence-corrected chi connectivity index (χ2v) is 5.35. The highest BCUT2D eigenvalue weighted by Gasteiger charge is 2.06. The minimum atomic E-state index is 0.633. The summed E-state index contributed by atoms with van der Waals surface area (Å²) in [5, 5.41) is 3.26. The fraction of sp³-hybridized carbons (Fsp3) is 0.0833. The van der Waals surface area contributed by atoms with Gasteiger partial charge in [0, 0.05) is 10.2 Å². The predicted octanol–water partition coefficient (Wildman–Crippen LogP) is 4.24. The van der Waals surface area contributed by atoms with Crippen LogP contribution in [-0.4, -0.2) is 4.98 Å². The predicted molar refractivity (Wildman–Crippen MR) is 78.5 cm³/mol. The Morgan fingerprint density at radius 2 is 2.00 bits per heavy atom. The van der Waals surface area contributed by atoms with E-state index >= 15 is 0 Å². The number of benzene rings is 1. The van der Waals surface area contributed by atoms with Crippen LogP contribution in [0.3, 0.4) is 0 Å². The molecule has 0 aliphatic carbocycles. The lowest BCUT2D eigenvalue weighted by Gasteiger charge is -2.11. The third-order valence-corrected chi connectivity index (χ3v) is 3.85. The lowest BCUT2D eigenvalue weighted by molar-refractivity contribution is 1.28. The Bertz CT molecular complexity index is 555. The third-order valence-electron chi connectivity index (χ3n) is 2.38. The van der Waals surface area contributed by atoms with E-state index in [4.69, 9.17) is 5.73 Å². The summed E-state index contributed by atoms with van der Waals surface area (Å²) >= 11 is 6.93. The molecule has 2 rings (SSSR count). The standard InChI is InChI=1S/C12H11Br2N3/c1-7-9(13)3-2-4-11(7)17-12-10(14)5-8(15)6-16-12/h2-6H,15H2,1H3,(H,16,17). The van der Waals surface area contributed by atoms with Crippen LogP contribution < -0.4 is 11.1 Å². The summed E-state index contributed by atoms with van der Waals surface area (Å²) in [4.78, 5) is 4.25. The SMILES string of the molecule is Cc1c(Br)cccc1Nc1ncc(N)cc1Br. The van der Waals surface area contributed by atoms with Gasteiger partial charge < -0.3 is 11.1 Å². The van der Waals surface area contributed by atoms with Crippen LogP contribution in [-0.2, 0) is 0 Å². The van der Waals surface area contributed by atoms with Crippen molar-refractivity contribution in [2.24, 2.45) is 0 Å². The van der Waals surface area contributed by atoms with E-state index in [1.54, 1.807) is 6.20 Å². The molecule has 0 bridgehead atoms. The highest BCUT2D eigenvalue weighted by Crippen LogP contribution is 2.29. The molecule has 1 aromatic heterocycles. The Morgan fingerprint density at radius 1 is 1.24 bits per heavy atom. The van der Waals surface area contributed by atoms with Crippen LogP contribution in [0.5, 0.6) is 0 Å². The van der Waals surface area contributed by atoms with Crippen molar-refractivity contribution in [3.05, 3.63) is 45.0 Å². The Balaban J connectivity index is 2.35. The number of hydrogen-bond donors (Lipinski definition) is 2. The molecule has 0 radical (unpaired) electrons. The molecule has 2 aromatic rings. The zero-order valence-electron chi connectivity index (χ0n) is 9.17. The second-order valence-electron chi connectivity index (χ2n) is 3.64. The number of nitrogens with zero attached hydrogens (tertiary/aromatic N) is 1. The zero-order valence-corrected chi connectivity index (χ0v) is 12.3. The molecular formula is C12H11Br2N3. The van der Waals surface area contributed by atoms with Gasteiger partial charge in [0.05, 0.1) is 16.4 Å². The lowest BCUT2D eigenvalue weighted by Crippen LogP contribution is -1.98. The number of nitrogens with one attached hydrogen (secondary N) is 1. The highest BCUT2D eigenvalue weighted by molar-refractivity contribution is 9.11. The maximum absolute atomic E-state index is 5.65. The molecule has 3 N–H and O–H groups in total. The van der Waals surface area contributed by atoms with Crippen LogP contribution >= 0.6 is 31.9 Å². The van der Waals surface area contributed by atoms with Gasteiger partial charge in [0.25, 0.3) is 0 Å². The molecule has 17 heavy (non-hydrogen) atoms. The van der Waals surface area contributed by atoms with Gasteiger partial charge in [-0.25, -0.2) is 4.98 Å². The fourth-order valence-electron chi connectivity index (χ4n) is 1.42. The zero-order chi connectivity index (χ0) is 12.4. The molecule has 5 heteroatoms. The molecule has 3 nitrogen and oxygen atoms in total. The van der Waals surface area contributed by atoms with Gasteiger partial charge in [0.1, 0.15) is 5.82 Å². The van der Waals surface area contributed by atoms with Crippen LogP contribution in [0, 0.1) is 6.92 Å². The average molecular weight is 357 g/mol. The van der Waals surface area contributed by atoms with Gasteiger partial charge in [-0.3, -0.25) is 0 Å². The number of nitrogen functional groups attached to an aromatic ring is 1. The van der Waals surface area contributed by atoms with E-state index in [9.17, 15) is 0 Å². The highest BCUT2D eigenvalue weighted by atomic mass is 79.9. The van der Waals surface area contributed by atoms with Crippen LogP contribution in [0.1, 0.15) is 5.56 Å². The average Bonchev–Trinajstić information content (AvgIpc) is 2.28. The number of aromatic nitrogens is 1. The number of nitrogens with two attached hydrogens (primary N) is 1. The van der Waals surface area contributed by atoms with Crippen molar-refractivity contribution in [3.63, 3.8) is 0 Å². The maximum Gasteiger partial charge on any atom is 0.144 e. The van der Waals surface area contributed by atoms with Gasteiger partial charge in [-0.1, -0.05) is 22.0 Å². The van der Waals surface area contributed by atoms with Crippen molar-refractivity contribution in [1.82, 2.24) is 4.98 Å². The molecule has 0 amide bonds. The Hall–Kier alpha value is -1.07. The number of anilines is 3. The van der Waals surface area contributed by atoms with Crippen molar-refractivity contribution in [1.29, 1.82) is 0 Å². The first kappa shape index (κ1) is 12.4. The monoisotopic (exact) mass is 355 g/mol. The molecule has 1 heterocycles. The van der Waals surface area contributed by atoms with E-state index in [0.29, 0.717) is 5.69 Å². The topological polar surface area (TPSA) is 50.9 Å². The van der Waals surface area contributed by atoms with Crippen LogP contribution in [0.25, 0.3) is 0 Å². The molecule has 0 unspecified atom stereocenters. The molecule has 0 fully saturated rings. The van der Waals surface area contributed by atoms with Gasteiger partial charge in [-0.05, 0) is 46.6 Å². The van der Waals surface area contributed by atoms with E-state index in [2.05, 4.69) is 42.2 Å². The number of halogens is 2. The van der Waals surface area contributed by atoms with Crippen molar-refractivity contribution in [3.8, 4) is 0 Å². The summed E-state index contributed by atoms with van der Waals surface area (Å²) < 4.78 is 1.91. The van der Waals surface area contributed by atoms with E-state index in [1.165, 1.54) is 0 Å². The number of hydrogen-bond acceptors (Lipinski definition) is 3. The molecule has 88 valence electrons. The minimum Gasteiger partial charge on any atom is -0.397 e. The maximum atomic E-state index is 5.65. The first-order valence-electron chi connectivity index (χ1n) is 5.01. The fourth-order valence-corrected chi connectivity index (χ4v) is 2.25. The summed E-state index contributed by atoms with van der Waals surface area (Å²) in [5.41, 5.74) is 8.43.